The van der Waals surface area contributed by atoms with E-state index in [1.165, 1.54) is 12.4 Å². The minimum Gasteiger partial charge on any atom is -0.497 e. The Bertz CT molecular complexity index is 876. The van der Waals surface area contributed by atoms with Crippen molar-refractivity contribution in [2.24, 2.45) is 0 Å². The number of hydrogen-bond acceptors (Lipinski definition) is 5. The van der Waals surface area contributed by atoms with Crippen molar-refractivity contribution in [3.8, 4) is 11.5 Å². The Morgan fingerprint density at radius 1 is 1.07 bits per heavy atom. The van der Waals surface area contributed by atoms with Crippen molar-refractivity contribution in [3.63, 3.8) is 0 Å². The van der Waals surface area contributed by atoms with E-state index < -0.39 is 5.92 Å². The maximum Gasteiger partial charge on any atom is 0.325 e. The molecule has 0 spiro atoms. The van der Waals surface area contributed by atoms with Crippen LogP contribution in [0.5, 0.6) is 11.5 Å². The first-order valence-electron chi connectivity index (χ1n) is 8.99. The van der Waals surface area contributed by atoms with Crippen molar-refractivity contribution in [2.75, 3.05) is 32.2 Å². The fraction of sp³-hybridized carbons (Fsp3) is 0.286. The third-order valence-corrected chi connectivity index (χ3v) is 4.84. The molecule has 1 fully saturated rings. The van der Waals surface area contributed by atoms with Crippen LogP contribution in [0.2, 0.25) is 0 Å². The Hall–Kier alpha value is -3.35. The summed E-state index contributed by atoms with van der Waals surface area (Å²) in [5.41, 5.74) is 2.49. The molecule has 1 aliphatic rings. The van der Waals surface area contributed by atoms with Crippen LogP contribution >= 0.6 is 0 Å². The van der Waals surface area contributed by atoms with E-state index in [0.29, 0.717) is 31.1 Å². The van der Waals surface area contributed by atoms with Gasteiger partial charge in [-0.1, -0.05) is 18.2 Å². The van der Waals surface area contributed by atoms with Gasteiger partial charge in [-0.15, -0.1) is 0 Å². The highest BCUT2D eigenvalue weighted by Crippen LogP contribution is 2.33. The number of urea groups is 1. The first-order valence-corrected chi connectivity index (χ1v) is 8.99. The number of amides is 2. The Labute approximate surface area is 164 Å². The molecule has 2 N–H and O–H groups in total. The number of anilines is 1. The molecule has 1 heterocycles. The maximum atomic E-state index is 13.0. The van der Waals surface area contributed by atoms with Crippen molar-refractivity contribution in [2.45, 2.75) is 12.5 Å². The number of rotatable bonds is 8. The number of nitrogens with one attached hydrogen (secondary N) is 2. The monoisotopic (exact) mass is 380 g/mol. The lowest BCUT2D eigenvalue weighted by molar-refractivity contribution is 0.218. The van der Waals surface area contributed by atoms with Crippen molar-refractivity contribution in [3.05, 3.63) is 53.6 Å². The molecule has 146 valence electrons. The SMILES string of the molecule is COc1cccc(CN2CCN(c3ccc(C(C=N)C=N)cc3OC)C2=O)c1. The number of methoxy groups -OCH3 is 2. The molecule has 0 saturated carbocycles. The minimum atomic E-state index is -0.401. The van der Waals surface area contributed by atoms with Crippen LogP contribution in [0.25, 0.3) is 0 Å². The second-order valence-electron chi connectivity index (χ2n) is 6.50. The first-order chi connectivity index (χ1) is 13.6. The van der Waals surface area contributed by atoms with Crippen LogP contribution in [-0.4, -0.2) is 50.7 Å². The van der Waals surface area contributed by atoms with Crippen molar-refractivity contribution in [1.82, 2.24) is 4.90 Å². The van der Waals surface area contributed by atoms with E-state index in [2.05, 4.69) is 0 Å². The number of benzene rings is 2. The van der Waals surface area contributed by atoms with Gasteiger partial charge in [0.2, 0.25) is 0 Å². The lowest BCUT2D eigenvalue weighted by Crippen LogP contribution is -2.31. The molecule has 3 rings (SSSR count). The molecule has 1 aliphatic heterocycles. The van der Waals surface area contributed by atoms with Crippen molar-refractivity contribution < 1.29 is 14.3 Å². The molecule has 0 atom stereocenters. The quantitative estimate of drug-likeness (QED) is 0.687. The van der Waals surface area contributed by atoms with Gasteiger partial charge in [0.15, 0.2) is 0 Å². The standard InChI is InChI=1S/C21H24N4O3/c1-27-18-5-3-4-15(10-18)14-24-8-9-25(21(24)26)19-7-6-16(11-20(19)28-2)17(12-22)13-23/h3-7,10-13,17,22-23H,8-9,14H2,1-2H3. The first kappa shape index (κ1) is 19.4. The van der Waals surface area contributed by atoms with Crippen LogP contribution in [0.3, 0.4) is 0 Å². The third-order valence-electron chi connectivity index (χ3n) is 4.84. The lowest BCUT2D eigenvalue weighted by atomic mass is 10.0. The summed E-state index contributed by atoms with van der Waals surface area (Å²) in [5.74, 6) is 0.926. The van der Waals surface area contributed by atoms with Gasteiger partial charge in [0.05, 0.1) is 25.8 Å². The summed E-state index contributed by atoms with van der Waals surface area (Å²) in [6.45, 7) is 1.69. The molecule has 7 nitrogen and oxygen atoms in total. The second-order valence-corrected chi connectivity index (χ2v) is 6.50. The van der Waals surface area contributed by atoms with Gasteiger partial charge in [0, 0.05) is 32.1 Å². The van der Waals surface area contributed by atoms with E-state index in [-0.39, 0.29) is 6.03 Å². The molecule has 0 radical (unpaired) electrons. The molecule has 1 saturated heterocycles. The van der Waals surface area contributed by atoms with Crippen LogP contribution < -0.4 is 14.4 Å². The Morgan fingerprint density at radius 3 is 2.54 bits per heavy atom. The predicted octanol–water partition coefficient (Wildman–Crippen LogP) is 3.53. The Balaban J connectivity index is 1.80. The van der Waals surface area contributed by atoms with E-state index in [1.807, 2.05) is 36.4 Å². The molecule has 7 heteroatoms. The van der Waals surface area contributed by atoms with Gasteiger partial charge in [0.25, 0.3) is 0 Å². The van der Waals surface area contributed by atoms with E-state index in [4.69, 9.17) is 20.3 Å². The van der Waals surface area contributed by atoms with Gasteiger partial charge in [-0.05, 0) is 35.4 Å². The summed E-state index contributed by atoms with van der Waals surface area (Å²) in [6, 6.07) is 13.1. The summed E-state index contributed by atoms with van der Waals surface area (Å²) >= 11 is 0. The fourth-order valence-electron chi connectivity index (χ4n) is 3.31. The second kappa shape index (κ2) is 8.56. The highest BCUT2D eigenvalue weighted by atomic mass is 16.5. The van der Waals surface area contributed by atoms with Crippen molar-refractivity contribution >= 4 is 24.1 Å². The molecule has 0 aliphatic carbocycles. The lowest BCUT2D eigenvalue weighted by Gasteiger charge is -2.21. The van der Waals surface area contributed by atoms with Gasteiger partial charge >= 0.3 is 6.03 Å². The van der Waals surface area contributed by atoms with E-state index in [9.17, 15) is 4.79 Å². The normalized spacial score (nSPS) is 14.7. The molecule has 28 heavy (non-hydrogen) atoms. The number of carbonyl (C=O) groups is 1. The molecule has 2 aromatic rings. The van der Waals surface area contributed by atoms with Crippen LogP contribution in [-0.2, 0) is 6.54 Å². The molecule has 0 unspecified atom stereocenters. The zero-order valence-corrected chi connectivity index (χ0v) is 16.0. The maximum absolute atomic E-state index is 13.0. The molecule has 0 bridgehead atoms. The van der Waals surface area contributed by atoms with E-state index in [1.54, 1.807) is 30.1 Å². The van der Waals surface area contributed by atoms with Crippen LogP contribution in [0.1, 0.15) is 17.0 Å². The Kier molecular flexibility index (Phi) is 5.93. The highest BCUT2D eigenvalue weighted by Gasteiger charge is 2.31. The molecule has 0 aromatic heterocycles. The average molecular weight is 380 g/mol. The summed E-state index contributed by atoms with van der Waals surface area (Å²) in [7, 11) is 3.18. The summed E-state index contributed by atoms with van der Waals surface area (Å²) < 4.78 is 10.7. The zero-order chi connectivity index (χ0) is 20.1. The third kappa shape index (κ3) is 3.83. The number of nitrogens with zero attached hydrogens (tertiary/aromatic N) is 2. The van der Waals surface area contributed by atoms with Gasteiger partial charge < -0.3 is 25.2 Å². The van der Waals surface area contributed by atoms with Crippen LogP contribution in [0, 0.1) is 10.8 Å². The Morgan fingerprint density at radius 2 is 1.86 bits per heavy atom. The van der Waals surface area contributed by atoms with Gasteiger partial charge in [-0.2, -0.15) is 0 Å². The molecule has 2 amide bonds. The van der Waals surface area contributed by atoms with Crippen LogP contribution in [0.15, 0.2) is 42.5 Å². The zero-order valence-electron chi connectivity index (χ0n) is 16.0. The summed E-state index contributed by atoms with van der Waals surface area (Å²) in [4.78, 5) is 16.4. The summed E-state index contributed by atoms with van der Waals surface area (Å²) in [6.07, 6.45) is 2.41. The average Bonchev–Trinajstić information content (AvgIpc) is 3.09. The molecular weight excluding hydrogens is 356 g/mol. The van der Waals surface area contributed by atoms with Crippen LogP contribution in [0.4, 0.5) is 10.5 Å². The van der Waals surface area contributed by atoms with Gasteiger partial charge in [0.1, 0.15) is 11.5 Å². The van der Waals surface area contributed by atoms with Gasteiger partial charge in [-0.3, -0.25) is 4.90 Å². The minimum absolute atomic E-state index is 0.0791. The number of hydrogen-bond donors (Lipinski definition) is 2. The molecular formula is C21H24N4O3. The topological polar surface area (TPSA) is 89.7 Å². The van der Waals surface area contributed by atoms with E-state index >= 15 is 0 Å². The number of ether oxygens (including phenoxy) is 2. The smallest absolute Gasteiger partial charge is 0.325 e. The highest BCUT2D eigenvalue weighted by molar-refractivity contribution is 5.96. The summed E-state index contributed by atoms with van der Waals surface area (Å²) in [5, 5.41) is 14.9. The van der Waals surface area contributed by atoms with Gasteiger partial charge in [-0.25, -0.2) is 4.79 Å². The largest absolute Gasteiger partial charge is 0.497 e. The molecule has 2 aromatic carbocycles. The van der Waals surface area contributed by atoms with E-state index in [0.717, 1.165) is 16.9 Å². The predicted molar refractivity (Wildman–Crippen MR) is 109 cm³/mol. The number of carbonyl (C=O) groups excluding carboxylic acids is 1. The fourth-order valence-corrected chi connectivity index (χ4v) is 3.31. The van der Waals surface area contributed by atoms with Crippen molar-refractivity contribution in [1.29, 1.82) is 10.8 Å².